The highest BCUT2D eigenvalue weighted by Crippen LogP contribution is 2.36. The van der Waals surface area contributed by atoms with E-state index in [2.05, 4.69) is 26.2 Å². The molecule has 142 valence electrons. The predicted molar refractivity (Wildman–Crippen MR) is 108 cm³/mol. The Hall–Kier alpha value is -2.65. The minimum Gasteiger partial charge on any atom is -0.459 e. The van der Waals surface area contributed by atoms with E-state index in [1.807, 2.05) is 24.3 Å². The van der Waals surface area contributed by atoms with Gasteiger partial charge in [0.25, 0.3) is 5.56 Å². The zero-order chi connectivity index (χ0) is 19.7. The maximum Gasteiger partial charge on any atom is 0.307 e. The molecule has 1 aromatic carbocycles. The number of pyridine rings is 1. The molecular formula is C19H14BrN3O4S. The van der Waals surface area contributed by atoms with Crippen LogP contribution in [-0.4, -0.2) is 26.5 Å². The van der Waals surface area contributed by atoms with Crippen molar-refractivity contribution in [2.24, 2.45) is 0 Å². The van der Waals surface area contributed by atoms with E-state index in [1.165, 1.54) is 22.2 Å². The average Bonchev–Trinajstić information content (AvgIpc) is 2.67. The molecule has 9 heteroatoms. The lowest BCUT2D eigenvalue weighted by molar-refractivity contribution is -0.145. The molecule has 0 bridgehead atoms. The topological polar surface area (TPSA) is 89.8 Å². The van der Waals surface area contributed by atoms with Gasteiger partial charge in [-0.25, -0.2) is 4.98 Å². The van der Waals surface area contributed by atoms with Gasteiger partial charge in [-0.2, -0.15) is 0 Å². The van der Waals surface area contributed by atoms with E-state index in [-0.39, 0.29) is 24.5 Å². The summed E-state index contributed by atoms with van der Waals surface area (Å²) >= 11 is 4.64. The quantitative estimate of drug-likeness (QED) is 0.603. The summed E-state index contributed by atoms with van der Waals surface area (Å²) in [7, 11) is 0. The fourth-order valence-corrected chi connectivity index (χ4v) is 4.22. The molecule has 3 aromatic rings. The number of amides is 1. The van der Waals surface area contributed by atoms with E-state index in [4.69, 9.17) is 4.74 Å². The maximum absolute atomic E-state index is 12.2. The van der Waals surface area contributed by atoms with E-state index < -0.39 is 11.2 Å². The van der Waals surface area contributed by atoms with Crippen LogP contribution in [0.2, 0.25) is 0 Å². The first kappa shape index (κ1) is 18.7. The van der Waals surface area contributed by atoms with Crippen LogP contribution in [0.4, 0.5) is 5.69 Å². The molecule has 28 heavy (non-hydrogen) atoms. The third-order valence-corrected chi connectivity index (χ3v) is 5.86. The molecule has 1 N–H and O–H groups in total. The second kappa shape index (κ2) is 7.76. The first-order chi connectivity index (χ1) is 13.5. The number of ether oxygens (including phenoxy) is 1. The molecule has 0 unspecified atom stereocenters. The van der Waals surface area contributed by atoms with Gasteiger partial charge in [0, 0.05) is 21.6 Å². The van der Waals surface area contributed by atoms with E-state index in [0.717, 1.165) is 15.1 Å². The van der Waals surface area contributed by atoms with Gasteiger partial charge in [0.15, 0.2) is 0 Å². The van der Waals surface area contributed by atoms with Crippen LogP contribution in [-0.2, 0) is 20.9 Å². The number of halogens is 1. The van der Waals surface area contributed by atoms with Crippen molar-refractivity contribution in [2.45, 2.75) is 23.2 Å². The van der Waals surface area contributed by atoms with Crippen LogP contribution >= 0.6 is 27.7 Å². The molecule has 0 aliphatic carbocycles. The molecule has 0 saturated carbocycles. The SMILES string of the molecule is O=C(C[C@H]1Sc2ccccc2NC1=O)OCc1cc(=O)n2cc(Br)ccc2n1. The molecule has 7 nitrogen and oxygen atoms in total. The Balaban J connectivity index is 1.41. The lowest BCUT2D eigenvalue weighted by Gasteiger charge is -2.23. The molecule has 1 amide bonds. The number of thioether (sulfide) groups is 1. The van der Waals surface area contributed by atoms with Crippen molar-refractivity contribution in [1.82, 2.24) is 9.38 Å². The normalized spacial score (nSPS) is 15.8. The summed E-state index contributed by atoms with van der Waals surface area (Å²) in [5.74, 6) is -0.752. The van der Waals surface area contributed by atoms with Crippen LogP contribution < -0.4 is 10.9 Å². The zero-order valence-corrected chi connectivity index (χ0v) is 16.8. The predicted octanol–water partition coefficient (Wildman–Crippen LogP) is 3.00. The summed E-state index contributed by atoms with van der Waals surface area (Å²) in [6.07, 6.45) is 1.56. The highest BCUT2D eigenvalue weighted by molar-refractivity contribution is 9.10. The molecule has 0 spiro atoms. The second-order valence-electron chi connectivity index (χ2n) is 6.12. The van der Waals surface area contributed by atoms with Gasteiger partial charge in [-0.1, -0.05) is 12.1 Å². The van der Waals surface area contributed by atoms with Gasteiger partial charge in [0.05, 0.1) is 23.1 Å². The Kier molecular flexibility index (Phi) is 5.19. The van der Waals surface area contributed by atoms with Crippen LogP contribution in [0.15, 0.2) is 62.8 Å². The molecule has 1 atom stereocenters. The number of nitrogens with one attached hydrogen (secondary N) is 1. The van der Waals surface area contributed by atoms with E-state index >= 15 is 0 Å². The number of anilines is 1. The highest BCUT2D eigenvalue weighted by Gasteiger charge is 2.29. The molecule has 1 aliphatic heterocycles. The van der Waals surface area contributed by atoms with Gasteiger partial charge in [-0.3, -0.25) is 18.8 Å². The van der Waals surface area contributed by atoms with Crippen molar-refractivity contribution >= 4 is 50.9 Å². The van der Waals surface area contributed by atoms with Crippen molar-refractivity contribution in [2.75, 3.05) is 5.32 Å². The lowest BCUT2D eigenvalue weighted by Crippen LogP contribution is -2.31. The zero-order valence-electron chi connectivity index (χ0n) is 14.4. The Bertz CT molecular complexity index is 1150. The summed E-state index contributed by atoms with van der Waals surface area (Å²) in [5, 5.41) is 2.23. The van der Waals surface area contributed by atoms with Crippen molar-refractivity contribution < 1.29 is 14.3 Å². The number of benzene rings is 1. The molecule has 4 rings (SSSR count). The number of nitrogens with zero attached hydrogens (tertiary/aromatic N) is 2. The summed E-state index contributed by atoms with van der Waals surface area (Å²) in [5.41, 5.74) is 1.29. The Morgan fingerprint density at radius 3 is 2.93 bits per heavy atom. The number of hydrogen-bond acceptors (Lipinski definition) is 6. The fraction of sp³-hybridized carbons (Fsp3) is 0.158. The molecule has 0 fully saturated rings. The fourth-order valence-electron chi connectivity index (χ4n) is 2.79. The highest BCUT2D eigenvalue weighted by atomic mass is 79.9. The van der Waals surface area contributed by atoms with Crippen LogP contribution in [0.25, 0.3) is 5.65 Å². The standard InChI is InChI=1S/C19H14BrN3O4S/c20-11-5-6-16-21-12(7-17(24)23(16)9-11)10-27-18(25)8-15-19(26)22-13-3-1-2-4-14(13)28-15/h1-7,9,15H,8,10H2,(H,22,26)/t15-/m1/s1. The van der Waals surface area contributed by atoms with Crippen LogP contribution in [0.1, 0.15) is 12.1 Å². The number of para-hydroxylation sites is 1. The van der Waals surface area contributed by atoms with Gasteiger partial charge in [0.2, 0.25) is 5.91 Å². The Morgan fingerprint density at radius 2 is 2.07 bits per heavy atom. The number of carbonyl (C=O) groups excluding carboxylic acids is 2. The number of rotatable bonds is 4. The van der Waals surface area contributed by atoms with E-state index in [1.54, 1.807) is 18.3 Å². The van der Waals surface area contributed by atoms with Crippen LogP contribution in [0, 0.1) is 0 Å². The molecule has 0 saturated heterocycles. The second-order valence-corrected chi connectivity index (χ2v) is 8.28. The lowest BCUT2D eigenvalue weighted by atomic mass is 10.2. The summed E-state index contributed by atoms with van der Waals surface area (Å²) in [4.78, 5) is 41.8. The number of esters is 1. The monoisotopic (exact) mass is 459 g/mol. The van der Waals surface area contributed by atoms with Crippen molar-refractivity contribution in [3.8, 4) is 0 Å². The first-order valence-electron chi connectivity index (χ1n) is 8.39. The largest absolute Gasteiger partial charge is 0.459 e. The average molecular weight is 460 g/mol. The molecule has 2 aromatic heterocycles. The van der Waals surface area contributed by atoms with Crippen molar-refractivity contribution in [1.29, 1.82) is 0 Å². The van der Waals surface area contributed by atoms with E-state index in [0.29, 0.717) is 11.3 Å². The van der Waals surface area contributed by atoms with E-state index in [9.17, 15) is 14.4 Å². The molecular weight excluding hydrogens is 446 g/mol. The smallest absolute Gasteiger partial charge is 0.307 e. The summed E-state index contributed by atoms with van der Waals surface area (Å²) in [6, 6.07) is 12.2. The Labute approximate surface area is 172 Å². The minimum atomic E-state index is -0.560. The Morgan fingerprint density at radius 1 is 1.25 bits per heavy atom. The molecule has 1 aliphatic rings. The number of hydrogen-bond donors (Lipinski definition) is 1. The number of aromatic nitrogens is 2. The molecule has 3 heterocycles. The number of carbonyl (C=O) groups is 2. The van der Waals surface area contributed by atoms with Crippen molar-refractivity contribution in [3.05, 3.63) is 69.2 Å². The van der Waals surface area contributed by atoms with Gasteiger partial charge in [-0.05, 0) is 40.2 Å². The van der Waals surface area contributed by atoms with Gasteiger partial charge in [0.1, 0.15) is 12.3 Å². The van der Waals surface area contributed by atoms with Crippen molar-refractivity contribution in [3.63, 3.8) is 0 Å². The van der Waals surface area contributed by atoms with Gasteiger partial charge < -0.3 is 10.1 Å². The number of fused-ring (bicyclic) bond motifs is 2. The first-order valence-corrected chi connectivity index (χ1v) is 10.1. The third-order valence-electron chi connectivity index (χ3n) is 4.12. The van der Waals surface area contributed by atoms with Gasteiger partial charge in [-0.15, -0.1) is 11.8 Å². The van der Waals surface area contributed by atoms with Gasteiger partial charge >= 0.3 is 5.97 Å². The molecule has 0 radical (unpaired) electrons. The summed E-state index contributed by atoms with van der Waals surface area (Å²) in [6.45, 7) is -0.129. The van der Waals surface area contributed by atoms with Crippen LogP contribution in [0.5, 0.6) is 0 Å². The minimum absolute atomic E-state index is 0.0651. The third kappa shape index (κ3) is 3.95. The van der Waals surface area contributed by atoms with Crippen LogP contribution in [0.3, 0.4) is 0 Å². The maximum atomic E-state index is 12.2. The summed E-state index contributed by atoms with van der Waals surface area (Å²) < 4.78 is 7.40.